The molecule has 0 aromatic heterocycles. The van der Waals surface area contributed by atoms with E-state index >= 15 is 0 Å². The molecule has 0 aliphatic carbocycles. The number of benzene rings is 2. The molecule has 0 saturated carbocycles. The molecule has 1 amide bonds. The van der Waals surface area contributed by atoms with Crippen molar-refractivity contribution < 1.29 is 14.3 Å². The van der Waals surface area contributed by atoms with Crippen molar-refractivity contribution >= 4 is 21.8 Å². The van der Waals surface area contributed by atoms with Crippen molar-refractivity contribution in [3.05, 3.63) is 58.1 Å². The summed E-state index contributed by atoms with van der Waals surface area (Å²) in [6.07, 6.45) is 1.01. The number of nitrogens with one attached hydrogen (secondary N) is 1. The number of rotatable bonds is 9. The van der Waals surface area contributed by atoms with Gasteiger partial charge in [-0.25, -0.2) is 0 Å². The highest BCUT2D eigenvalue weighted by Crippen LogP contribution is 2.28. The maximum atomic E-state index is 11.9. The largest absolute Gasteiger partial charge is 0.492 e. The van der Waals surface area contributed by atoms with Crippen LogP contribution in [0.25, 0.3) is 0 Å². The summed E-state index contributed by atoms with van der Waals surface area (Å²) >= 11 is 3.49. The predicted octanol–water partition coefficient (Wildman–Crippen LogP) is 4.71. The highest BCUT2D eigenvalue weighted by molar-refractivity contribution is 9.10. The molecule has 26 heavy (non-hydrogen) atoms. The van der Waals surface area contributed by atoms with Gasteiger partial charge in [0.15, 0.2) is 6.61 Å². The van der Waals surface area contributed by atoms with Gasteiger partial charge in [-0.3, -0.25) is 4.79 Å². The van der Waals surface area contributed by atoms with Gasteiger partial charge in [0.05, 0.1) is 11.0 Å². The number of ether oxygens (including phenoxy) is 2. The number of carbonyl (C=O) groups is 1. The van der Waals surface area contributed by atoms with Gasteiger partial charge >= 0.3 is 0 Å². The zero-order chi connectivity index (χ0) is 18.9. The minimum Gasteiger partial charge on any atom is -0.492 e. The molecule has 2 aromatic carbocycles. The topological polar surface area (TPSA) is 47.6 Å². The maximum Gasteiger partial charge on any atom is 0.258 e. The van der Waals surface area contributed by atoms with Crippen LogP contribution in [-0.2, 0) is 11.2 Å². The molecule has 0 aliphatic heterocycles. The van der Waals surface area contributed by atoms with Crippen LogP contribution in [0.3, 0.4) is 0 Å². The zero-order valence-electron chi connectivity index (χ0n) is 15.5. The lowest BCUT2D eigenvalue weighted by Gasteiger charge is -2.12. The first kappa shape index (κ1) is 20.3. The Bertz CT molecular complexity index is 714. The summed E-state index contributed by atoms with van der Waals surface area (Å²) < 4.78 is 12.0. The molecule has 0 saturated heterocycles. The van der Waals surface area contributed by atoms with Gasteiger partial charge in [-0.15, -0.1) is 0 Å². The van der Waals surface area contributed by atoms with E-state index in [0.29, 0.717) is 24.8 Å². The second-order valence-corrected chi connectivity index (χ2v) is 7.18. The standard InChI is InChI=1S/C21H26BrNO3/c1-4-16-5-8-18(9-6-16)25-12-11-23-21(24)14-26-20-10-7-17(15(2)3)13-19(20)22/h5-10,13,15H,4,11-12,14H2,1-3H3,(H,23,24). The first-order valence-electron chi connectivity index (χ1n) is 8.90. The van der Waals surface area contributed by atoms with E-state index in [0.717, 1.165) is 16.6 Å². The lowest BCUT2D eigenvalue weighted by atomic mass is 10.0. The Kier molecular flexibility index (Phi) is 7.98. The molecule has 0 unspecified atom stereocenters. The van der Waals surface area contributed by atoms with E-state index in [1.165, 1.54) is 11.1 Å². The van der Waals surface area contributed by atoms with Crippen LogP contribution in [0.4, 0.5) is 0 Å². The lowest BCUT2D eigenvalue weighted by molar-refractivity contribution is -0.123. The van der Waals surface area contributed by atoms with Crippen molar-refractivity contribution in [3.8, 4) is 11.5 Å². The summed E-state index contributed by atoms with van der Waals surface area (Å²) in [5.74, 6) is 1.75. The summed E-state index contributed by atoms with van der Waals surface area (Å²) in [5.41, 5.74) is 2.49. The molecule has 5 heteroatoms. The Hall–Kier alpha value is -2.01. The normalized spacial score (nSPS) is 10.7. The van der Waals surface area contributed by atoms with Gasteiger partial charge in [0.25, 0.3) is 5.91 Å². The van der Waals surface area contributed by atoms with Crippen molar-refractivity contribution in [3.63, 3.8) is 0 Å². The van der Waals surface area contributed by atoms with E-state index in [1.807, 2.05) is 42.5 Å². The van der Waals surface area contributed by atoms with Crippen LogP contribution in [0.1, 0.15) is 37.8 Å². The van der Waals surface area contributed by atoms with E-state index in [2.05, 4.69) is 42.0 Å². The quantitative estimate of drug-likeness (QED) is 0.598. The van der Waals surface area contributed by atoms with Gasteiger partial charge in [-0.2, -0.15) is 0 Å². The minimum absolute atomic E-state index is 0.0230. The molecule has 0 atom stereocenters. The lowest BCUT2D eigenvalue weighted by Crippen LogP contribution is -2.32. The van der Waals surface area contributed by atoms with E-state index < -0.39 is 0 Å². The van der Waals surface area contributed by atoms with Gasteiger partial charge in [0, 0.05) is 0 Å². The first-order valence-corrected chi connectivity index (χ1v) is 9.69. The highest BCUT2D eigenvalue weighted by atomic mass is 79.9. The van der Waals surface area contributed by atoms with Crippen LogP contribution >= 0.6 is 15.9 Å². The van der Waals surface area contributed by atoms with Crippen LogP contribution in [0.15, 0.2) is 46.9 Å². The van der Waals surface area contributed by atoms with Crippen molar-refractivity contribution in [2.24, 2.45) is 0 Å². The number of halogens is 1. The van der Waals surface area contributed by atoms with Gasteiger partial charge in [0.2, 0.25) is 0 Å². The summed E-state index contributed by atoms with van der Waals surface area (Å²) in [6.45, 7) is 7.22. The summed E-state index contributed by atoms with van der Waals surface area (Å²) in [6, 6.07) is 13.9. The Balaban J connectivity index is 1.68. The number of carbonyl (C=O) groups excluding carboxylic acids is 1. The van der Waals surface area contributed by atoms with E-state index in [4.69, 9.17) is 9.47 Å². The fraction of sp³-hybridized carbons (Fsp3) is 0.381. The third-order valence-electron chi connectivity index (χ3n) is 4.01. The van der Waals surface area contributed by atoms with E-state index in [1.54, 1.807) is 0 Å². The van der Waals surface area contributed by atoms with E-state index in [-0.39, 0.29) is 12.5 Å². The van der Waals surface area contributed by atoms with Gasteiger partial charge in [-0.05, 0) is 63.7 Å². The molecule has 2 aromatic rings. The molecule has 0 radical (unpaired) electrons. The fourth-order valence-electron chi connectivity index (χ4n) is 2.37. The molecule has 4 nitrogen and oxygen atoms in total. The molecule has 2 rings (SSSR count). The first-order chi connectivity index (χ1) is 12.5. The Morgan fingerprint density at radius 1 is 1.12 bits per heavy atom. The van der Waals surface area contributed by atoms with Crippen LogP contribution < -0.4 is 14.8 Å². The molecule has 0 aliphatic rings. The average Bonchev–Trinajstić information content (AvgIpc) is 2.64. The van der Waals surface area contributed by atoms with Crippen molar-refractivity contribution in [1.29, 1.82) is 0 Å². The van der Waals surface area contributed by atoms with Gasteiger partial charge in [-0.1, -0.05) is 39.0 Å². The van der Waals surface area contributed by atoms with Crippen molar-refractivity contribution in [2.75, 3.05) is 19.8 Å². The molecular weight excluding hydrogens is 394 g/mol. The number of hydrogen-bond donors (Lipinski definition) is 1. The van der Waals surface area contributed by atoms with Crippen molar-refractivity contribution in [2.45, 2.75) is 33.1 Å². The molecule has 0 spiro atoms. The summed E-state index contributed by atoms with van der Waals surface area (Å²) in [7, 11) is 0. The maximum absolute atomic E-state index is 11.9. The number of amides is 1. The summed E-state index contributed by atoms with van der Waals surface area (Å²) in [5, 5.41) is 2.79. The Morgan fingerprint density at radius 3 is 2.46 bits per heavy atom. The zero-order valence-corrected chi connectivity index (χ0v) is 17.1. The predicted molar refractivity (Wildman–Crippen MR) is 108 cm³/mol. The SMILES string of the molecule is CCc1ccc(OCCNC(=O)COc2ccc(C(C)C)cc2Br)cc1. The molecule has 140 valence electrons. The molecular formula is C21H26BrNO3. The monoisotopic (exact) mass is 419 g/mol. The Labute approximate surface area is 164 Å². The number of hydrogen-bond acceptors (Lipinski definition) is 3. The van der Waals surface area contributed by atoms with Gasteiger partial charge in [0.1, 0.15) is 18.1 Å². The van der Waals surface area contributed by atoms with E-state index in [9.17, 15) is 4.79 Å². The fourth-order valence-corrected chi connectivity index (χ4v) is 2.88. The second kappa shape index (κ2) is 10.2. The molecule has 0 bridgehead atoms. The average molecular weight is 420 g/mol. The number of aryl methyl sites for hydroxylation is 1. The summed E-state index contributed by atoms with van der Waals surface area (Å²) in [4.78, 5) is 11.9. The van der Waals surface area contributed by atoms with Crippen LogP contribution in [0.5, 0.6) is 11.5 Å². The van der Waals surface area contributed by atoms with Crippen LogP contribution in [0.2, 0.25) is 0 Å². The minimum atomic E-state index is -0.172. The molecule has 1 N–H and O–H groups in total. The Morgan fingerprint density at radius 2 is 1.85 bits per heavy atom. The van der Waals surface area contributed by atoms with Crippen LogP contribution in [0, 0.1) is 0 Å². The third-order valence-corrected chi connectivity index (χ3v) is 4.63. The van der Waals surface area contributed by atoms with Crippen LogP contribution in [-0.4, -0.2) is 25.7 Å². The van der Waals surface area contributed by atoms with Gasteiger partial charge < -0.3 is 14.8 Å². The highest BCUT2D eigenvalue weighted by Gasteiger charge is 2.08. The molecule has 0 fully saturated rings. The third kappa shape index (κ3) is 6.37. The second-order valence-electron chi connectivity index (χ2n) is 6.33. The van der Waals surface area contributed by atoms with Crippen molar-refractivity contribution in [1.82, 2.24) is 5.32 Å². The molecule has 0 heterocycles. The smallest absolute Gasteiger partial charge is 0.258 e.